The van der Waals surface area contributed by atoms with Crippen molar-refractivity contribution in [2.75, 3.05) is 7.11 Å². The first-order valence-corrected chi connectivity index (χ1v) is 4.10. The van der Waals surface area contributed by atoms with Crippen LogP contribution in [0.15, 0.2) is 18.2 Å². The van der Waals surface area contributed by atoms with Gasteiger partial charge in [-0.05, 0) is 17.7 Å². The Hall–Kier alpha value is -1.08. The molecule has 0 heterocycles. The van der Waals surface area contributed by atoms with Gasteiger partial charge in [0.1, 0.15) is 0 Å². The van der Waals surface area contributed by atoms with Gasteiger partial charge >= 0.3 is 0 Å². The Morgan fingerprint density at radius 1 is 1.62 bits per heavy atom. The van der Waals surface area contributed by atoms with Crippen LogP contribution in [-0.4, -0.2) is 7.11 Å². The topological polar surface area (TPSA) is 45.0 Å². The van der Waals surface area contributed by atoms with Gasteiger partial charge in [-0.2, -0.15) is 10.7 Å². The van der Waals surface area contributed by atoms with Gasteiger partial charge in [0.15, 0.2) is 0 Å². The van der Waals surface area contributed by atoms with Gasteiger partial charge in [0.2, 0.25) is 0 Å². The third-order valence-corrected chi connectivity index (χ3v) is 1.94. The quantitative estimate of drug-likeness (QED) is 0.751. The Balaban J connectivity index is 2.81. The summed E-state index contributed by atoms with van der Waals surface area (Å²) in [6, 6.07) is 7.17. The van der Waals surface area contributed by atoms with Crippen LogP contribution in [0.25, 0.3) is 0 Å². The number of nitriles is 1. The number of nitrogens with zero attached hydrogens (tertiary/aromatic N) is 1. The molecule has 1 rings (SSSR count). The molecule has 1 N–H and O–H groups in total. The van der Waals surface area contributed by atoms with Crippen LogP contribution in [0.5, 0.6) is 0 Å². The molecule has 13 heavy (non-hydrogen) atoms. The normalized spacial score (nSPS) is 9.62. The number of halogens is 1. The minimum atomic E-state index is 0.529. The molecule has 0 unspecified atom stereocenters. The molecule has 0 saturated carbocycles. The van der Waals surface area contributed by atoms with E-state index in [0.717, 1.165) is 5.56 Å². The maximum absolute atomic E-state index is 8.58. The number of hydrogen-bond acceptors (Lipinski definition) is 3. The van der Waals surface area contributed by atoms with E-state index in [9.17, 15) is 0 Å². The molecule has 0 fully saturated rings. The Morgan fingerprint density at radius 3 is 2.92 bits per heavy atom. The van der Waals surface area contributed by atoms with Crippen LogP contribution in [0, 0.1) is 11.3 Å². The SMILES string of the molecule is CONCc1ccc(C#N)cc1Cl. The number of benzene rings is 1. The van der Waals surface area contributed by atoms with E-state index in [2.05, 4.69) is 10.3 Å². The van der Waals surface area contributed by atoms with Gasteiger partial charge in [-0.1, -0.05) is 17.7 Å². The van der Waals surface area contributed by atoms with Crippen molar-refractivity contribution in [2.24, 2.45) is 0 Å². The minimum Gasteiger partial charge on any atom is -0.305 e. The molecule has 0 radical (unpaired) electrons. The highest BCUT2D eigenvalue weighted by molar-refractivity contribution is 6.31. The van der Waals surface area contributed by atoms with Crippen molar-refractivity contribution >= 4 is 11.6 Å². The summed E-state index contributed by atoms with van der Waals surface area (Å²) in [7, 11) is 1.54. The number of rotatable bonds is 3. The van der Waals surface area contributed by atoms with Crippen LogP contribution in [-0.2, 0) is 11.4 Å². The second-order valence-electron chi connectivity index (χ2n) is 2.44. The van der Waals surface area contributed by atoms with Crippen molar-refractivity contribution in [3.8, 4) is 6.07 Å². The van der Waals surface area contributed by atoms with E-state index in [-0.39, 0.29) is 0 Å². The number of hydroxylamine groups is 1. The molecule has 68 valence electrons. The van der Waals surface area contributed by atoms with Gasteiger partial charge in [-0.25, -0.2) is 0 Å². The smallest absolute Gasteiger partial charge is 0.0992 e. The fourth-order valence-corrected chi connectivity index (χ4v) is 1.16. The average molecular weight is 197 g/mol. The van der Waals surface area contributed by atoms with Crippen LogP contribution in [0.2, 0.25) is 5.02 Å². The summed E-state index contributed by atoms with van der Waals surface area (Å²) in [6.07, 6.45) is 0. The van der Waals surface area contributed by atoms with E-state index >= 15 is 0 Å². The van der Waals surface area contributed by atoms with Crippen LogP contribution in [0.4, 0.5) is 0 Å². The van der Waals surface area contributed by atoms with Gasteiger partial charge in [-0.15, -0.1) is 0 Å². The molecule has 0 aromatic heterocycles. The largest absolute Gasteiger partial charge is 0.305 e. The Bertz CT molecular complexity index is 333. The zero-order chi connectivity index (χ0) is 9.68. The molecule has 1 aromatic carbocycles. The lowest BCUT2D eigenvalue weighted by molar-refractivity contribution is 0.0867. The van der Waals surface area contributed by atoms with Crippen molar-refractivity contribution in [1.29, 1.82) is 5.26 Å². The van der Waals surface area contributed by atoms with E-state index in [4.69, 9.17) is 16.9 Å². The summed E-state index contributed by atoms with van der Waals surface area (Å²) in [5.41, 5.74) is 4.14. The molecule has 0 bridgehead atoms. The van der Waals surface area contributed by atoms with Crippen molar-refractivity contribution in [1.82, 2.24) is 5.48 Å². The highest BCUT2D eigenvalue weighted by Crippen LogP contribution is 2.17. The first-order chi connectivity index (χ1) is 6.27. The van der Waals surface area contributed by atoms with Crippen LogP contribution >= 0.6 is 11.6 Å². The first-order valence-electron chi connectivity index (χ1n) is 3.72. The average Bonchev–Trinajstić information content (AvgIpc) is 2.16. The maximum atomic E-state index is 8.58. The molecule has 0 amide bonds. The molecule has 4 heteroatoms. The monoisotopic (exact) mass is 196 g/mol. The third-order valence-electron chi connectivity index (χ3n) is 1.59. The van der Waals surface area contributed by atoms with E-state index in [1.807, 2.05) is 6.07 Å². The summed E-state index contributed by atoms with van der Waals surface area (Å²) in [5, 5.41) is 9.15. The molecule has 0 saturated heterocycles. The molecule has 1 aromatic rings. The minimum absolute atomic E-state index is 0.529. The third kappa shape index (κ3) is 2.71. The fourth-order valence-electron chi connectivity index (χ4n) is 0.910. The molecule has 0 spiro atoms. The summed E-state index contributed by atoms with van der Waals surface area (Å²) < 4.78 is 0. The summed E-state index contributed by atoms with van der Waals surface area (Å²) in [6.45, 7) is 0.529. The molecule has 0 aliphatic heterocycles. The van der Waals surface area contributed by atoms with Crippen molar-refractivity contribution in [3.05, 3.63) is 34.3 Å². The van der Waals surface area contributed by atoms with Gasteiger partial charge in [-0.3, -0.25) is 0 Å². The zero-order valence-electron chi connectivity index (χ0n) is 7.17. The summed E-state index contributed by atoms with van der Waals surface area (Å²) in [5.74, 6) is 0. The number of nitrogens with one attached hydrogen (secondary N) is 1. The standard InChI is InChI=1S/C9H9ClN2O/c1-13-12-6-8-3-2-7(5-11)4-9(8)10/h2-4,12H,6H2,1H3. The maximum Gasteiger partial charge on any atom is 0.0992 e. The Morgan fingerprint density at radius 2 is 2.38 bits per heavy atom. The van der Waals surface area contributed by atoms with Gasteiger partial charge < -0.3 is 4.84 Å². The predicted octanol–water partition coefficient (Wildman–Crippen LogP) is 1.86. The van der Waals surface area contributed by atoms with Crippen molar-refractivity contribution in [3.63, 3.8) is 0 Å². The first kappa shape index (κ1) is 10.0. The summed E-state index contributed by atoms with van der Waals surface area (Å²) >= 11 is 5.90. The Kier molecular flexibility index (Phi) is 3.71. The summed E-state index contributed by atoms with van der Waals surface area (Å²) in [4.78, 5) is 4.68. The van der Waals surface area contributed by atoms with Crippen LogP contribution in [0.3, 0.4) is 0 Å². The highest BCUT2D eigenvalue weighted by Gasteiger charge is 2.00. The van der Waals surface area contributed by atoms with E-state index < -0.39 is 0 Å². The lowest BCUT2D eigenvalue weighted by atomic mass is 10.1. The molecule has 0 aliphatic rings. The van der Waals surface area contributed by atoms with Crippen molar-refractivity contribution < 1.29 is 4.84 Å². The zero-order valence-corrected chi connectivity index (χ0v) is 7.93. The molecular weight excluding hydrogens is 188 g/mol. The molecule has 0 aliphatic carbocycles. The van der Waals surface area contributed by atoms with Gasteiger partial charge in [0, 0.05) is 11.6 Å². The van der Waals surface area contributed by atoms with Gasteiger partial charge in [0.05, 0.1) is 18.7 Å². The predicted molar refractivity (Wildman–Crippen MR) is 50.0 cm³/mol. The second kappa shape index (κ2) is 4.83. The molecule has 0 atom stereocenters. The van der Waals surface area contributed by atoms with Crippen LogP contribution < -0.4 is 5.48 Å². The van der Waals surface area contributed by atoms with E-state index in [1.54, 1.807) is 18.2 Å². The highest BCUT2D eigenvalue weighted by atomic mass is 35.5. The van der Waals surface area contributed by atoms with Crippen molar-refractivity contribution in [2.45, 2.75) is 6.54 Å². The van der Waals surface area contributed by atoms with E-state index in [1.165, 1.54) is 7.11 Å². The Labute approximate surface area is 81.8 Å². The lowest BCUT2D eigenvalue weighted by Gasteiger charge is -2.04. The fraction of sp³-hybridized carbons (Fsp3) is 0.222. The number of hydrogen-bond donors (Lipinski definition) is 1. The van der Waals surface area contributed by atoms with Gasteiger partial charge in [0.25, 0.3) is 0 Å². The van der Waals surface area contributed by atoms with Crippen LogP contribution in [0.1, 0.15) is 11.1 Å². The second-order valence-corrected chi connectivity index (χ2v) is 2.85. The lowest BCUT2D eigenvalue weighted by Crippen LogP contribution is -2.10. The molecule has 3 nitrogen and oxygen atoms in total. The molecular formula is C9H9ClN2O. The van der Waals surface area contributed by atoms with E-state index in [0.29, 0.717) is 17.1 Å².